The van der Waals surface area contributed by atoms with Gasteiger partial charge in [0.1, 0.15) is 0 Å². The number of ether oxygens (including phenoxy) is 1. The monoisotopic (exact) mass is 317 g/mol. The van der Waals surface area contributed by atoms with Gasteiger partial charge in [0.05, 0.1) is 6.61 Å². The van der Waals surface area contributed by atoms with E-state index in [1.807, 2.05) is 11.3 Å². The van der Waals surface area contributed by atoms with Gasteiger partial charge in [0.15, 0.2) is 0 Å². The van der Waals surface area contributed by atoms with Crippen LogP contribution in [0.1, 0.15) is 24.6 Å². The third-order valence-corrected chi connectivity index (χ3v) is 5.24. The molecule has 1 aromatic heterocycles. The van der Waals surface area contributed by atoms with E-state index in [0.29, 0.717) is 12.0 Å². The van der Waals surface area contributed by atoms with Crippen molar-refractivity contribution in [1.82, 2.24) is 5.32 Å². The maximum atomic E-state index is 5.52. The Bertz CT molecular complexity index is 336. The van der Waals surface area contributed by atoms with Crippen LogP contribution in [0.25, 0.3) is 0 Å². The average Bonchev–Trinajstić information content (AvgIpc) is 2.96. The summed E-state index contributed by atoms with van der Waals surface area (Å²) in [6, 6.07) is 2.70. The SMILES string of the molecule is CCCNC(Cc1sccc1Br)C1CCOC1. The molecule has 1 aliphatic heterocycles. The zero-order chi connectivity index (χ0) is 12.1. The standard InChI is InChI=1S/C13H20BrNOS/c1-2-5-15-12(10-3-6-16-9-10)8-13-11(14)4-7-17-13/h4,7,10,12,15H,2-3,5-6,8-9H2,1H3. The van der Waals surface area contributed by atoms with Gasteiger partial charge in [0.25, 0.3) is 0 Å². The summed E-state index contributed by atoms with van der Waals surface area (Å²) in [7, 11) is 0. The van der Waals surface area contributed by atoms with E-state index >= 15 is 0 Å². The second-order valence-corrected chi connectivity index (χ2v) is 6.44. The summed E-state index contributed by atoms with van der Waals surface area (Å²) >= 11 is 5.47. The van der Waals surface area contributed by atoms with Crippen molar-refractivity contribution in [1.29, 1.82) is 0 Å². The van der Waals surface area contributed by atoms with Crippen LogP contribution in [-0.2, 0) is 11.2 Å². The third-order valence-electron chi connectivity index (χ3n) is 3.29. The van der Waals surface area contributed by atoms with Crippen molar-refractivity contribution in [2.75, 3.05) is 19.8 Å². The van der Waals surface area contributed by atoms with E-state index in [1.165, 1.54) is 22.2 Å². The second kappa shape index (κ2) is 6.88. The van der Waals surface area contributed by atoms with Crippen LogP contribution in [0.4, 0.5) is 0 Å². The number of rotatable bonds is 6. The van der Waals surface area contributed by atoms with Crippen molar-refractivity contribution < 1.29 is 4.74 Å². The second-order valence-electron chi connectivity index (χ2n) is 4.58. The number of hydrogen-bond acceptors (Lipinski definition) is 3. The van der Waals surface area contributed by atoms with Crippen LogP contribution in [0.3, 0.4) is 0 Å². The van der Waals surface area contributed by atoms with Crippen molar-refractivity contribution in [2.45, 2.75) is 32.2 Å². The number of hydrogen-bond donors (Lipinski definition) is 1. The molecule has 0 amide bonds. The van der Waals surface area contributed by atoms with Crippen LogP contribution >= 0.6 is 27.3 Å². The molecule has 0 aromatic carbocycles. The predicted molar refractivity (Wildman–Crippen MR) is 76.7 cm³/mol. The Hall–Kier alpha value is 0.1000. The highest BCUT2D eigenvalue weighted by molar-refractivity contribution is 9.10. The summed E-state index contributed by atoms with van der Waals surface area (Å²) in [5.74, 6) is 0.676. The molecule has 2 atom stereocenters. The van der Waals surface area contributed by atoms with E-state index in [9.17, 15) is 0 Å². The molecule has 0 radical (unpaired) electrons. The fraction of sp³-hybridized carbons (Fsp3) is 0.692. The maximum Gasteiger partial charge on any atom is 0.0510 e. The largest absolute Gasteiger partial charge is 0.381 e. The molecule has 1 saturated heterocycles. The molecular weight excluding hydrogens is 298 g/mol. The first kappa shape index (κ1) is 13.5. The van der Waals surface area contributed by atoms with Crippen LogP contribution in [0.2, 0.25) is 0 Å². The van der Waals surface area contributed by atoms with Crippen LogP contribution in [0, 0.1) is 5.92 Å². The molecule has 17 heavy (non-hydrogen) atoms. The molecule has 1 N–H and O–H groups in total. The highest BCUT2D eigenvalue weighted by atomic mass is 79.9. The Kier molecular flexibility index (Phi) is 5.48. The molecule has 0 bridgehead atoms. The van der Waals surface area contributed by atoms with Gasteiger partial charge in [-0.3, -0.25) is 0 Å². The first-order valence-electron chi connectivity index (χ1n) is 6.34. The molecule has 1 aliphatic rings. The molecule has 0 saturated carbocycles. The molecule has 1 fully saturated rings. The fourth-order valence-electron chi connectivity index (χ4n) is 2.28. The topological polar surface area (TPSA) is 21.3 Å². The fourth-order valence-corrected chi connectivity index (χ4v) is 3.85. The van der Waals surface area contributed by atoms with Gasteiger partial charge in [-0.15, -0.1) is 11.3 Å². The zero-order valence-electron chi connectivity index (χ0n) is 10.2. The van der Waals surface area contributed by atoms with Gasteiger partial charge in [0.2, 0.25) is 0 Å². The molecular formula is C13H20BrNOS. The highest BCUT2D eigenvalue weighted by Crippen LogP contribution is 2.27. The minimum absolute atomic E-state index is 0.562. The lowest BCUT2D eigenvalue weighted by Crippen LogP contribution is -2.38. The Morgan fingerprint density at radius 1 is 1.65 bits per heavy atom. The van der Waals surface area contributed by atoms with E-state index in [0.717, 1.165) is 26.2 Å². The van der Waals surface area contributed by atoms with Gasteiger partial charge in [-0.2, -0.15) is 0 Å². The summed E-state index contributed by atoms with van der Waals surface area (Å²) in [5, 5.41) is 5.84. The van der Waals surface area contributed by atoms with Crippen molar-refractivity contribution in [2.24, 2.45) is 5.92 Å². The lowest BCUT2D eigenvalue weighted by Gasteiger charge is -2.23. The molecule has 2 nitrogen and oxygen atoms in total. The third kappa shape index (κ3) is 3.78. The van der Waals surface area contributed by atoms with Crippen LogP contribution in [0.15, 0.2) is 15.9 Å². The lowest BCUT2D eigenvalue weighted by molar-refractivity contribution is 0.176. The summed E-state index contributed by atoms with van der Waals surface area (Å²) in [6.07, 6.45) is 3.51. The molecule has 2 unspecified atom stereocenters. The quantitative estimate of drug-likeness (QED) is 0.867. The van der Waals surface area contributed by atoms with Crippen molar-refractivity contribution in [3.05, 3.63) is 20.8 Å². The van der Waals surface area contributed by atoms with E-state index in [2.05, 4.69) is 39.6 Å². The molecule has 0 spiro atoms. The van der Waals surface area contributed by atoms with Crippen LogP contribution < -0.4 is 5.32 Å². The number of thiophene rings is 1. The van der Waals surface area contributed by atoms with Crippen LogP contribution in [-0.4, -0.2) is 25.8 Å². The minimum Gasteiger partial charge on any atom is -0.381 e. The Morgan fingerprint density at radius 2 is 2.53 bits per heavy atom. The lowest BCUT2D eigenvalue weighted by atomic mass is 9.95. The molecule has 0 aliphatic carbocycles. The molecule has 2 heterocycles. The summed E-state index contributed by atoms with van der Waals surface area (Å²) in [6.45, 7) is 5.17. The predicted octanol–water partition coefficient (Wildman–Crippen LogP) is 3.46. The first-order chi connectivity index (χ1) is 8.31. The number of halogens is 1. The van der Waals surface area contributed by atoms with E-state index in [4.69, 9.17) is 4.74 Å². The van der Waals surface area contributed by atoms with Gasteiger partial charge < -0.3 is 10.1 Å². The van der Waals surface area contributed by atoms with E-state index < -0.39 is 0 Å². The highest BCUT2D eigenvalue weighted by Gasteiger charge is 2.26. The van der Waals surface area contributed by atoms with Crippen LogP contribution in [0.5, 0.6) is 0 Å². The summed E-state index contributed by atoms with van der Waals surface area (Å²) < 4.78 is 6.77. The first-order valence-corrected chi connectivity index (χ1v) is 8.01. The van der Waals surface area contributed by atoms with Gasteiger partial charge in [-0.25, -0.2) is 0 Å². The summed E-state index contributed by atoms with van der Waals surface area (Å²) in [5.41, 5.74) is 0. The minimum atomic E-state index is 0.562. The normalized spacial score (nSPS) is 21.9. The van der Waals surface area contributed by atoms with Gasteiger partial charge >= 0.3 is 0 Å². The van der Waals surface area contributed by atoms with E-state index in [-0.39, 0.29) is 0 Å². The van der Waals surface area contributed by atoms with Gasteiger partial charge in [-0.05, 0) is 53.2 Å². The smallest absolute Gasteiger partial charge is 0.0510 e. The van der Waals surface area contributed by atoms with E-state index in [1.54, 1.807) is 0 Å². The Morgan fingerprint density at radius 3 is 3.12 bits per heavy atom. The Labute approximate surface area is 116 Å². The zero-order valence-corrected chi connectivity index (χ0v) is 12.6. The van der Waals surface area contributed by atoms with Crippen molar-refractivity contribution >= 4 is 27.3 Å². The average molecular weight is 318 g/mol. The van der Waals surface area contributed by atoms with Crippen molar-refractivity contribution in [3.8, 4) is 0 Å². The molecule has 1 aromatic rings. The van der Waals surface area contributed by atoms with Gasteiger partial charge in [-0.1, -0.05) is 6.92 Å². The molecule has 4 heteroatoms. The Balaban J connectivity index is 1.97. The van der Waals surface area contributed by atoms with Crippen molar-refractivity contribution in [3.63, 3.8) is 0 Å². The number of nitrogens with one attached hydrogen (secondary N) is 1. The molecule has 96 valence electrons. The maximum absolute atomic E-state index is 5.52. The molecule has 2 rings (SSSR count). The summed E-state index contributed by atoms with van der Waals surface area (Å²) in [4.78, 5) is 1.45. The van der Waals surface area contributed by atoms with Gasteiger partial charge in [0, 0.05) is 27.9 Å².